The van der Waals surface area contributed by atoms with Gasteiger partial charge >= 0.3 is 5.97 Å². The van der Waals surface area contributed by atoms with Gasteiger partial charge in [-0.05, 0) is 6.92 Å². The maximum absolute atomic E-state index is 10.4. The summed E-state index contributed by atoms with van der Waals surface area (Å²) in [4.78, 5) is 10.4. The van der Waals surface area contributed by atoms with Crippen LogP contribution in [0.25, 0.3) is 0 Å². The summed E-state index contributed by atoms with van der Waals surface area (Å²) in [5, 5.41) is 12.6. The summed E-state index contributed by atoms with van der Waals surface area (Å²) in [5.74, 6) is -0.893. The molecule has 3 N–H and O–H groups in total. The number of nitrogens with zero attached hydrogens (tertiary/aromatic N) is 2. The first-order chi connectivity index (χ1) is 6.00. The molecule has 1 aromatic heterocycles. The van der Waals surface area contributed by atoms with Gasteiger partial charge in [0.25, 0.3) is 0 Å². The fourth-order valence-electron chi connectivity index (χ4n) is 1.28. The number of rotatable bonds is 3. The lowest BCUT2D eigenvalue weighted by atomic mass is 10.1. The van der Waals surface area contributed by atoms with E-state index >= 15 is 0 Å². The van der Waals surface area contributed by atoms with E-state index in [0.717, 1.165) is 11.3 Å². The van der Waals surface area contributed by atoms with Crippen LogP contribution in [0.3, 0.4) is 0 Å². The quantitative estimate of drug-likeness (QED) is 0.701. The molecule has 5 heteroatoms. The van der Waals surface area contributed by atoms with Gasteiger partial charge < -0.3 is 10.8 Å². The van der Waals surface area contributed by atoms with Gasteiger partial charge in [-0.3, -0.25) is 9.48 Å². The lowest BCUT2D eigenvalue weighted by Gasteiger charge is -2.06. The number of carboxylic acid groups (broad SMARTS) is 1. The Hall–Kier alpha value is -1.36. The third-order valence-electron chi connectivity index (χ3n) is 1.85. The average molecular weight is 183 g/mol. The summed E-state index contributed by atoms with van der Waals surface area (Å²) in [6, 6.07) is -0.466. The van der Waals surface area contributed by atoms with Gasteiger partial charge in [0, 0.05) is 24.8 Å². The molecule has 1 heterocycles. The van der Waals surface area contributed by atoms with E-state index in [-0.39, 0.29) is 6.42 Å². The number of aryl methyl sites for hydroxylation is 2. The largest absolute Gasteiger partial charge is 0.481 e. The van der Waals surface area contributed by atoms with Crippen LogP contribution in [-0.4, -0.2) is 20.9 Å². The number of hydrogen-bond acceptors (Lipinski definition) is 3. The highest BCUT2D eigenvalue weighted by Gasteiger charge is 2.14. The molecule has 0 aliphatic heterocycles. The van der Waals surface area contributed by atoms with Crippen LogP contribution in [0.5, 0.6) is 0 Å². The molecule has 0 aliphatic rings. The highest BCUT2D eigenvalue weighted by atomic mass is 16.4. The zero-order valence-electron chi connectivity index (χ0n) is 7.69. The summed E-state index contributed by atoms with van der Waals surface area (Å²) in [5.41, 5.74) is 7.26. The van der Waals surface area contributed by atoms with Gasteiger partial charge in [-0.1, -0.05) is 0 Å². The fourth-order valence-corrected chi connectivity index (χ4v) is 1.28. The lowest BCUT2D eigenvalue weighted by Crippen LogP contribution is -2.15. The van der Waals surface area contributed by atoms with E-state index < -0.39 is 12.0 Å². The molecular formula is C8H13N3O2. The van der Waals surface area contributed by atoms with Gasteiger partial charge in [0.2, 0.25) is 0 Å². The zero-order valence-corrected chi connectivity index (χ0v) is 7.69. The van der Waals surface area contributed by atoms with Crippen molar-refractivity contribution in [3.05, 3.63) is 17.5 Å². The first kappa shape index (κ1) is 9.73. The first-order valence-electron chi connectivity index (χ1n) is 3.98. The fraction of sp³-hybridized carbons (Fsp3) is 0.500. The Morgan fingerprint density at radius 2 is 2.46 bits per heavy atom. The van der Waals surface area contributed by atoms with Crippen molar-refractivity contribution in [3.63, 3.8) is 0 Å². The van der Waals surface area contributed by atoms with Gasteiger partial charge in [-0.15, -0.1) is 0 Å². The van der Waals surface area contributed by atoms with Gasteiger partial charge in [0.15, 0.2) is 0 Å². The molecule has 13 heavy (non-hydrogen) atoms. The van der Waals surface area contributed by atoms with E-state index in [1.807, 2.05) is 6.92 Å². The average Bonchev–Trinajstić information content (AvgIpc) is 2.28. The minimum atomic E-state index is -0.893. The number of nitrogens with two attached hydrogens (primary N) is 1. The molecule has 0 amide bonds. The Balaban J connectivity index is 2.81. The second kappa shape index (κ2) is 3.57. The van der Waals surface area contributed by atoms with Crippen molar-refractivity contribution in [2.75, 3.05) is 0 Å². The van der Waals surface area contributed by atoms with Gasteiger partial charge in [-0.2, -0.15) is 5.10 Å². The van der Waals surface area contributed by atoms with Crippen molar-refractivity contribution in [1.82, 2.24) is 9.78 Å². The maximum Gasteiger partial charge on any atom is 0.305 e. The summed E-state index contributed by atoms with van der Waals surface area (Å²) in [6.07, 6.45) is 1.69. The summed E-state index contributed by atoms with van der Waals surface area (Å²) < 4.78 is 1.63. The second-order valence-corrected chi connectivity index (χ2v) is 3.05. The Kier molecular flexibility index (Phi) is 2.67. The normalized spacial score (nSPS) is 12.8. The van der Waals surface area contributed by atoms with E-state index in [1.165, 1.54) is 0 Å². The third kappa shape index (κ3) is 2.29. The van der Waals surface area contributed by atoms with E-state index in [4.69, 9.17) is 10.8 Å². The van der Waals surface area contributed by atoms with E-state index in [2.05, 4.69) is 5.10 Å². The Morgan fingerprint density at radius 3 is 2.85 bits per heavy atom. The van der Waals surface area contributed by atoms with Gasteiger partial charge in [0.1, 0.15) is 0 Å². The predicted molar refractivity (Wildman–Crippen MR) is 47.1 cm³/mol. The van der Waals surface area contributed by atoms with Crippen LogP contribution >= 0.6 is 0 Å². The molecule has 0 radical (unpaired) electrons. The summed E-state index contributed by atoms with van der Waals surface area (Å²) in [6.45, 7) is 1.82. The molecule has 5 nitrogen and oxygen atoms in total. The van der Waals surface area contributed by atoms with Crippen LogP contribution in [0.2, 0.25) is 0 Å². The van der Waals surface area contributed by atoms with Crippen LogP contribution in [-0.2, 0) is 11.8 Å². The molecule has 0 spiro atoms. The molecule has 1 aromatic rings. The van der Waals surface area contributed by atoms with E-state index in [1.54, 1.807) is 17.9 Å². The third-order valence-corrected chi connectivity index (χ3v) is 1.85. The van der Waals surface area contributed by atoms with Crippen molar-refractivity contribution >= 4 is 5.97 Å². The van der Waals surface area contributed by atoms with E-state index in [0.29, 0.717) is 0 Å². The molecular weight excluding hydrogens is 170 g/mol. The lowest BCUT2D eigenvalue weighted by molar-refractivity contribution is -0.137. The Morgan fingerprint density at radius 1 is 1.85 bits per heavy atom. The van der Waals surface area contributed by atoms with Crippen molar-refractivity contribution in [1.29, 1.82) is 0 Å². The molecule has 0 unspecified atom stereocenters. The summed E-state index contributed by atoms with van der Waals surface area (Å²) >= 11 is 0. The molecule has 1 rings (SSSR count). The SMILES string of the molecule is Cc1nn(C)cc1[C@@H](N)CC(=O)O. The van der Waals surface area contributed by atoms with Crippen LogP contribution in [0.15, 0.2) is 6.20 Å². The molecule has 0 aromatic carbocycles. The summed E-state index contributed by atoms with van der Waals surface area (Å²) in [7, 11) is 1.78. The van der Waals surface area contributed by atoms with Crippen LogP contribution in [0, 0.1) is 6.92 Å². The number of aromatic nitrogens is 2. The predicted octanol–water partition coefficient (Wildman–Crippen LogP) is 0.203. The number of carbonyl (C=O) groups is 1. The Labute approximate surface area is 76.2 Å². The van der Waals surface area contributed by atoms with Crippen LogP contribution in [0.4, 0.5) is 0 Å². The zero-order chi connectivity index (χ0) is 10.0. The van der Waals surface area contributed by atoms with Crippen molar-refractivity contribution in [2.45, 2.75) is 19.4 Å². The monoisotopic (exact) mass is 183 g/mol. The van der Waals surface area contributed by atoms with E-state index in [9.17, 15) is 4.79 Å². The first-order valence-corrected chi connectivity index (χ1v) is 3.98. The van der Waals surface area contributed by atoms with Crippen LogP contribution < -0.4 is 5.73 Å². The topological polar surface area (TPSA) is 81.1 Å². The van der Waals surface area contributed by atoms with Gasteiger partial charge in [-0.25, -0.2) is 0 Å². The number of aliphatic carboxylic acids is 1. The minimum Gasteiger partial charge on any atom is -0.481 e. The molecule has 0 saturated carbocycles. The Bertz CT molecular complexity index is 319. The van der Waals surface area contributed by atoms with Crippen molar-refractivity contribution in [2.24, 2.45) is 12.8 Å². The molecule has 0 saturated heterocycles. The van der Waals surface area contributed by atoms with Crippen LogP contribution in [0.1, 0.15) is 23.7 Å². The second-order valence-electron chi connectivity index (χ2n) is 3.05. The smallest absolute Gasteiger partial charge is 0.305 e. The highest BCUT2D eigenvalue weighted by Crippen LogP contribution is 2.16. The molecule has 72 valence electrons. The molecule has 0 fully saturated rings. The standard InChI is InChI=1S/C8H13N3O2/c1-5-6(4-11(2)10-5)7(9)3-8(12)13/h4,7H,3,9H2,1-2H3,(H,12,13)/t7-/m0/s1. The molecule has 0 aliphatic carbocycles. The molecule has 1 atom stereocenters. The highest BCUT2D eigenvalue weighted by molar-refractivity contribution is 5.67. The number of hydrogen-bond donors (Lipinski definition) is 2. The minimum absolute atomic E-state index is 0.0630. The van der Waals surface area contributed by atoms with Crippen molar-refractivity contribution in [3.8, 4) is 0 Å². The maximum atomic E-state index is 10.4. The number of carboxylic acids is 1. The van der Waals surface area contributed by atoms with Gasteiger partial charge in [0.05, 0.1) is 12.1 Å². The van der Waals surface area contributed by atoms with Crippen molar-refractivity contribution < 1.29 is 9.90 Å². The molecule has 0 bridgehead atoms.